The zero-order chi connectivity index (χ0) is 33.0. The van der Waals surface area contributed by atoms with E-state index >= 15 is 0 Å². The molecule has 0 aliphatic rings. The molecule has 4 rings (SSSR count). The molecule has 4 heterocycles. The van der Waals surface area contributed by atoms with Crippen molar-refractivity contribution in [3.8, 4) is 46.2 Å². The lowest BCUT2D eigenvalue weighted by Crippen LogP contribution is -2.19. The summed E-state index contributed by atoms with van der Waals surface area (Å²) in [4.78, 5) is 17.6. The van der Waals surface area contributed by atoms with Crippen molar-refractivity contribution < 1.29 is 0 Å². The topological polar surface area (TPSA) is 51.6 Å². The molecular weight excluding hydrogens is 720 g/mol. The Labute approximate surface area is 285 Å². The molecule has 0 aromatic carbocycles. The van der Waals surface area contributed by atoms with Crippen molar-refractivity contribution in [2.24, 2.45) is 0 Å². The van der Waals surface area contributed by atoms with Crippen molar-refractivity contribution in [1.82, 2.24) is 19.9 Å². The second-order valence-electron chi connectivity index (χ2n) is 13.7. The van der Waals surface area contributed by atoms with E-state index in [-0.39, 0.29) is 0 Å². The number of aryl methyl sites for hydroxylation is 1. The van der Waals surface area contributed by atoms with Gasteiger partial charge in [0.05, 0.1) is 22.8 Å². The van der Waals surface area contributed by atoms with Crippen molar-refractivity contribution in [2.75, 3.05) is 0 Å². The predicted octanol–water partition coefficient (Wildman–Crippen LogP) is 10.4. The molecule has 44 heavy (non-hydrogen) atoms. The molecule has 0 unspecified atom stereocenters. The molecule has 4 aromatic heterocycles. The number of halogens is 2. The van der Waals surface area contributed by atoms with Gasteiger partial charge in [-0.25, -0.2) is 0 Å². The number of rotatable bonds is 5. The summed E-state index contributed by atoms with van der Waals surface area (Å²) in [5, 5.41) is 0. The zero-order valence-corrected chi connectivity index (χ0v) is 33.6. The lowest BCUT2D eigenvalue weighted by atomic mass is 10.1. The van der Waals surface area contributed by atoms with Gasteiger partial charge in [0, 0.05) is 47.4 Å². The average molecular weight is 765 g/mol. The summed E-state index contributed by atoms with van der Waals surface area (Å²) in [5.41, 5.74) is 12.0. The van der Waals surface area contributed by atoms with Gasteiger partial charge in [-0.1, -0.05) is 77.0 Å². The largest absolute Gasteiger partial charge is 0.254 e. The zero-order valence-electron chi connectivity index (χ0n) is 27.5. The van der Waals surface area contributed by atoms with E-state index in [0.717, 1.165) is 43.7 Å². The fourth-order valence-electron chi connectivity index (χ4n) is 3.18. The van der Waals surface area contributed by atoms with Gasteiger partial charge < -0.3 is 0 Å². The van der Waals surface area contributed by atoms with Crippen LogP contribution in [-0.2, 0) is 6.42 Å². The first-order valence-corrected chi connectivity index (χ1v) is 26.9. The minimum Gasteiger partial charge on any atom is -0.254 e. The van der Waals surface area contributed by atoms with Gasteiger partial charge in [0.1, 0.15) is 16.1 Å². The molecule has 0 fully saturated rings. The maximum Gasteiger partial charge on any atom is 0.129 e. The van der Waals surface area contributed by atoms with Crippen LogP contribution in [0.15, 0.2) is 82.3 Å². The third kappa shape index (κ3) is 15.9. The van der Waals surface area contributed by atoms with Crippen molar-refractivity contribution in [3.05, 3.63) is 93.4 Å². The molecule has 0 aliphatic carbocycles. The Kier molecular flexibility index (Phi) is 14.6. The van der Waals surface area contributed by atoms with Crippen LogP contribution in [0.3, 0.4) is 0 Å². The third-order valence-electron chi connectivity index (χ3n) is 5.75. The normalized spacial score (nSPS) is 11.0. The summed E-state index contributed by atoms with van der Waals surface area (Å²) in [6.07, 6.45) is 13.6. The van der Waals surface area contributed by atoms with E-state index in [1.54, 1.807) is 12.4 Å². The molecule has 4 aromatic rings. The predicted molar refractivity (Wildman–Crippen MR) is 205 cm³/mol. The van der Waals surface area contributed by atoms with E-state index in [0.29, 0.717) is 0 Å². The number of hydrogen-bond donors (Lipinski definition) is 0. The minimum absolute atomic E-state index is 0.876. The number of pyridine rings is 4. The minimum atomic E-state index is -1.34. The van der Waals surface area contributed by atoms with Crippen LogP contribution in [0.25, 0.3) is 22.8 Å². The molecule has 0 radical (unpaired) electrons. The van der Waals surface area contributed by atoms with Crippen LogP contribution in [0.5, 0.6) is 0 Å². The van der Waals surface area contributed by atoms with Crippen LogP contribution in [0.4, 0.5) is 0 Å². The fraction of sp³-hybridized carbons (Fsp3) is 0.314. The highest BCUT2D eigenvalue weighted by Gasteiger charge is 2.13. The first kappa shape index (κ1) is 37.5. The second kappa shape index (κ2) is 17.1. The van der Waals surface area contributed by atoms with E-state index in [2.05, 4.69) is 140 Å². The van der Waals surface area contributed by atoms with Crippen LogP contribution >= 0.6 is 31.9 Å². The van der Waals surface area contributed by atoms with Gasteiger partial charge in [-0.2, -0.15) is 0 Å². The smallest absolute Gasteiger partial charge is 0.129 e. The SMILES string of the molecule is Brc1ccc(-c2ccc(Br)cn2)nc1.C#C[Si](C)(C)C.C[Si](C)(C)C#Cc1ccc(-c2ccc(CC[Si](C)(C)C)cn2)nc1. The maximum absolute atomic E-state index is 5.12. The van der Waals surface area contributed by atoms with Gasteiger partial charge >= 0.3 is 0 Å². The highest BCUT2D eigenvalue weighted by Crippen LogP contribution is 2.19. The van der Waals surface area contributed by atoms with Crippen molar-refractivity contribution in [3.63, 3.8) is 0 Å². The summed E-state index contributed by atoms with van der Waals surface area (Å²) < 4.78 is 1.94. The molecule has 0 amide bonds. The lowest BCUT2D eigenvalue weighted by Gasteiger charge is -2.15. The number of terminal acetylenes is 1. The number of aromatic nitrogens is 4. The summed E-state index contributed by atoms with van der Waals surface area (Å²) in [6, 6.07) is 17.4. The Morgan fingerprint density at radius 3 is 1.34 bits per heavy atom. The summed E-state index contributed by atoms with van der Waals surface area (Å²) in [5.74, 6) is 3.24. The second-order valence-corrected chi connectivity index (χ2v) is 30.7. The average Bonchev–Trinajstić information content (AvgIpc) is 2.96. The van der Waals surface area contributed by atoms with Crippen molar-refractivity contribution >= 4 is 56.1 Å². The molecule has 0 atom stereocenters. The lowest BCUT2D eigenvalue weighted by molar-refractivity contribution is 1.07. The quantitative estimate of drug-likeness (QED) is 0.150. The Hall–Kier alpha value is -2.67. The van der Waals surface area contributed by atoms with Crippen LogP contribution in [0.2, 0.25) is 65.0 Å². The number of hydrogen-bond acceptors (Lipinski definition) is 4. The fourth-order valence-corrected chi connectivity index (χ4v) is 5.20. The Morgan fingerprint density at radius 1 is 0.591 bits per heavy atom. The Balaban J connectivity index is 0.000000282. The molecule has 0 spiro atoms. The molecule has 0 saturated carbocycles. The highest BCUT2D eigenvalue weighted by atomic mass is 79.9. The summed E-state index contributed by atoms with van der Waals surface area (Å²) >= 11 is 6.68. The van der Waals surface area contributed by atoms with E-state index in [1.165, 1.54) is 11.6 Å². The molecule has 0 saturated heterocycles. The van der Waals surface area contributed by atoms with E-state index in [9.17, 15) is 0 Å². The molecule has 230 valence electrons. The van der Waals surface area contributed by atoms with Gasteiger partial charge in [-0.15, -0.1) is 17.5 Å². The van der Waals surface area contributed by atoms with E-state index in [4.69, 9.17) is 6.42 Å². The summed E-state index contributed by atoms with van der Waals surface area (Å²) in [7, 11) is -3.44. The Morgan fingerprint density at radius 2 is 1.02 bits per heavy atom. The monoisotopic (exact) mass is 762 g/mol. The van der Waals surface area contributed by atoms with Crippen molar-refractivity contribution in [2.45, 2.75) is 71.4 Å². The van der Waals surface area contributed by atoms with Gasteiger partial charge in [0.25, 0.3) is 0 Å². The summed E-state index contributed by atoms with van der Waals surface area (Å²) in [6.45, 7) is 20.4. The molecule has 0 aliphatic heterocycles. The van der Waals surface area contributed by atoms with E-state index < -0.39 is 24.2 Å². The van der Waals surface area contributed by atoms with Gasteiger partial charge in [0.15, 0.2) is 0 Å². The van der Waals surface area contributed by atoms with Crippen molar-refractivity contribution in [1.29, 1.82) is 0 Å². The molecular formula is C35H44Br2N4Si3. The molecule has 0 bridgehead atoms. The van der Waals surface area contributed by atoms with Crippen LogP contribution in [0.1, 0.15) is 11.1 Å². The standard InChI is InChI=1S/C20H28N2Si2.C10H6Br2N2.C5H10Si/c1-23(2,3)13-11-17-7-9-19(21-15-17)20-10-8-18(16-22-20)12-14-24(4,5)6;11-7-1-3-9(13-5-7)10-4-2-8(12)6-14-10;1-5-6(2,3)4/h7-10,15-16H,11,13H2,1-6H3;1-6H;1H,2-4H3. The third-order valence-corrected chi connectivity index (χ3v) is 10.2. The van der Waals surface area contributed by atoms with Gasteiger partial charge in [-0.3, -0.25) is 19.9 Å². The van der Waals surface area contributed by atoms with Crippen LogP contribution < -0.4 is 0 Å². The highest BCUT2D eigenvalue weighted by molar-refractivity contribution is 9.10. The Bertz CT molecular complexity index is 1510. The van der Waals surface area contributed by atoms with E-state index in [1.807, 2.05) is 48.8 Å². The molecule has 4 nitrogen and oxygen atoms in total. The first-order valence-electron chi connectivity index (χ1n) is 14.6. The number of nitrogens with zero attached hydrogens (tertiary/aromatic N) is 4. The van der Waals surface area contributed by atoms with Crippen LogP contribution in [-0.4, -0.2) is 44.2 Å². The first-order chi connectivity index (χ1) is 20.4. The van der Waals surface area contributed by atoms with Crippen LogP contribution in [0, 0.1) is 23.4 Å². The maximum atomic E-state index is 5.12. The van der Waals surface area contributed by atoms with Gasteiger partial charge in [0.2, 0.25) is 0 Å². The molecule has 0 N–H and O–H groups in total. The molecule has 9 heteroatoms. The van der Waals surface area contributed by atoms with Gasteiger partial charge in [-0.05, 0) is 86.3 Å².